The van der Waals surface area contributed by atoms with Crippen LogP contribution in [0.25, 0.3) is 12.2 Å². The van der Waals surface area contributed by atoms with Gasteiger partial charge >= 0.3 is 5.97 Å². The minimum absolute atomic E-state index is 0.0924. The Balaban J connectivity index is 2.33. The van der Waals surface area contributed by atoms with Crippen molar-refractivity contribution in [1.29, 1.82) is 0 Å². The summed E-state index contributed by atoms with van der Waals surface area (Å²) in [5.74, 6) is -1.35. The first-order valence-electron chi connectivity index (χ1n) is 5.47. The van der Waals surface area contributed by atoms with Gasteiger partial charge in [-0.3, -0.25) is 0 Å². The number of hydrogen-bond acceptors (Lipinski definition) is 2. The number of rotatable bonds is 3. The highest BCUT2D eigenvalue weighted by atomic mass is 16.4. The molecule has 90 valence electrons. The van der Waals surface area contributed by atoms with Crippen LogP contribution in [0.5, 0.6) is 5.75 Å². The number of carbonyl (C=O) groups is 1. The fraction of sp³-hybridized carbons (Fsp3) is 0. The maximum absolute atomic E-state index is 10.9. The summed E-state index contributed by atoms with van der Waals surface area (Å²) in [7, 11) is 0. The van der Waals surface area contributed by atoms with Gasteiger partial charge in [0.2, 0.25) is 0 Å². The Labute approximate surface area is 105 Å². The summed E-state index contributed by atoms with van der Waals surface area (Å²) < 4.78 is 0. The van der Waals surface area contributed by atoms with Crippen molar-refractivity contribution in [2.75, 3.05) is 0 Å². The molecular formula is C15H12O3. The fourth-order valence-corrected chi connectivity index (χ4v) is 1.62. The van der Waals surface area contributed by atoms with Crippen molar-refractivity contribution in [2.45, 2.75) is 0 Å². The van der Waals surface area contributed by atoms with Gasteiger partial charge in [-0.25, -0.2) is 4.79 Å². The molecule has 0 bridgehead atoms. The van der Waals surface area contributed by atoms with Crippen LogP contribution in [0.4, 0.5) is 0 Å². The third-order valence-corrected chi connectivity index (χ3v) is 2.55. The normalized spacial score (nSPS) is 10.7. The zero-order valence-electron chi connectivity index (χ0n) is 9.58. The van der Waals surface area contributed by atoms with Crippen LogP contribution in [0, 0.1) is 0 Å². The molecule has 2 rings (SSSR count). The standard InChI is InChI=1S/C15H12O3/c16-14-12(7-4-8-13(14)15(17)18)10-9-11-5-2-1-3-6-11/h1-10,16H,(H,17,18)/b10-9+. The molecule has 2 aromatic carbocycles. The van der Waals surface area contributed by atoms with Crippen LogP contribution >= 0.6 is 0 Å². The molecule has 2 N–H and O–H groups in total. The number of aromatic hydroxyl groups is 1. The van der Waals surface area contributed by atoms with Crippen LogP contribution < -0.4 is 0 Å². The molecule has 0 spiro atoms. The lowest BCUT2D eigenvalue weighted by atomic mass is 10.1. The molecule has 0 aromatic heterocycles. The van der Waals surface area contributed by atoms with Crippen LogP contribution in [-0.2, 0) is 0 Å². The molecular weight excluding hydrogens is 228 g/mol. The van der Waals surface area contributed by atoms with E-state index in [1.54, 1.807) is 18.2 Å². The highest BCUT2D eigenvalue weighted by Crippen LogP contribution is 2.24. The summed E-state index contributed by atoms with van der Waals surface area (Å²) in [6.45, 7) is 0. The van der Waals surface area contributed by atoms with E-state index in [0.29, 0.717) is 5.56 Å². The lowest BCUT2D eigenvalue weighted by Gasteiger charge is -2.02. The van der Waals surface area contributed by atoms with Crippen LogP contribution in [-0.4, -0.2) is 16.2 Å². The van der Waals surface area contributed by atoms with Gasteiger partial charge in [0.25, 0.3) is 0 Å². The van der Waals surface area contributed by atoms with E-state index in [4.69, 9.17) is 5.11 Å². The average Bonchev–Trinajstić information content (AvgIpc) is 2.38. The van der Waals surface area contributed by atoms with Gasteiger partial charge in [-0.15, -0.1) is 0 Å². The molecule has 0 saturated carbocycles. The molecule has 0 amide bonds. The van der Waals surface area contributed by atoms with E-state index in [1.807, 2.05) is 36.4 Å². The second-order valence-electron chi connectivity index (χ2n) is 3.79. The number of benzene rings is 2. The van der Waals surface area contributed by atoms with Crippen molar-refractivity contribution in [2.24, 2.45) is 0 Å². The van der Waals surface area contributed by atoms with Crippen molar-refractivity contribution in [1.82, 2.24) is 0 Å². The predicted molar refractivity (Wildman–Crippen MR) is 70.4 cm³/mol. The van der Waals surface area contributed by atoms with Crippen LogP contribution in [0.15, 0.2) is 48.5 Å². The van der Waals surface area contributed by atoms with Gasteiger partial charge in [-0.05, 0) is 11.6 Å². The van der Waals surface area contributed by atoms with Crippen LogP contribution in [0.3, 0.4) is 0 Å². The van der Waals surface area contributed by atoms with Crippen molar-refractivity contribution in [3.63, 3.8) is 0 Å². The Hall–Kier alpha value is -2.55. The largest absolute Gasteiger partial charge is 0.506 e. The molecule has 2 aromatic rings. The molecule has 3 heteroatoms. The highest BCUT2D eigenvalue weighted by molar-refractivity contribution is 5.92. The molecule has 0 saturated heterocycles. The summed E-state index contributed by atoms with van der Waals surface area (Å²) in [6, 6.07) is 14.2. The summed E-state index contributed by atoms with van der Waals surface area (Å²) in [5.41, 5.74) is 1.38. The van der Waals surface area contributed by atoms with E-state index >= 15 is 0 Å². The van der Waals surface area contributed by atoms with Crippen molar-refractivity contribution in [3.8, 4) is 5.75 Å². The van der Waals surface area contributed by atoms with Gasteiger partial charge in [0.1, 0.15) is 11.3 Å². The number of para-hydroxylation sites is 1. The number of phenols is 1. The molecule has 3 nitrogen and oxygen atoms in total. The Morgan fingerprint density at radius 2 is 1.67 bits per heavy atom. The van der Waals surface area contributed by atoms with Crippen LogP contribution in [0.1, 0.15) is 21.5 Å². The van der Waals surface area contributed by atoms with E-state index in [-0.39, 0.29) is 11.3 Å². The first-order valence-corrected chi connectivity index (χ1v) is 5.47. The van der Waals surface area contributed by atoms with Crippen LogP contribution in [0.2, 0.25) is 0 Å². The van der Waals surface area contributed by atoms with E-state index in [0.717, 1.165) is 5.56 Å². The Bertz CT molecular complexity index is 586. The molecule has 0 radical (unpaired) electrons. The Morgan fingerprint density at radius 3 is 2.33 bits per heavy atom. The summed E-state index contributed by atoms with van der Waals surface area (Å²) in [5, 5.41) is 18.7. The second kappa shape index (κ2) is 5.19. The van der Waals surface area contributed by atoms with Gasteiger partial charge in [-0.1, -0.05) is 54.6 Å². The molecule has 0 aliphatic heterocycles. The lowest BCUT2D eigenvalue weighted by Crippen LogP contribution is -1.97. The maximum Gasteiger partial charge on any atom is 0.339 e. The first-order chi connectivity index (χ1) is 8.68. The summed E-state index contributed by atoms with van der Waals surface area (Å²) >= 11 is 0. The number of carboxylic acid groups (broad SMARTS) is 1. The molecule has 0 unspecified atom stereocenters. The van der Waals surface area contributed by atoms with Gasteiger partial charge in [0, 0.05) is 5.56 Å². The van der Waals surface area contributed by atoms with E-state index in [9.17, 15) is 9.90 Å². The summed E-state index contributed by atoms with van der Waals surface area (Å²) in [6.07, 6.45) is 3.51. The van der Waals surface area contributed by atoms with E-state index < -0.39 is 5.97 Å². The molecule has 0 aliphatic carbocycles. The molecule has 0 heterocycles. The summed E-state index contributed by atoms with van der Waals surface area (Å²) in [4.78, 5) is 10.9. The average molecular weight is 240 g/mol. The number of carboxylic acids is 1. The quantitative estimate of drug-likeness (QED) is 0.809. The third-order valence-electron chi connectivity index (χ3n) is 2.55. The molecule has 18 heavy (non-hydrogen) atoms. The van der Waals surface area contributed by atoms with Gasteiger partial charge in [-0.2, -0.15) is 0 Å². The predicted octanol–water partition coefficient (Wildman–Crippen LogP) is 3.26. The Kier molecular flexibility index (Phi) is 3.44. The van der Waals surface area contributed by atoms with E-state index in [2.05, 4.69) is 0 Å². The third kappa shape index (κ3) is 2.58. The highest BCUT2D eigenvalue weighted by Gasteiger charge is 2.10. The second-order valence-corrected chi connectivity index (χ2v) is 3.79. The van der Waals surface area contributed by atoms with Crippen molar-refractivity contribution < 1.29 is 15.0 Å². The van der Waals surface area contributed by atoms with Gasteiger partial charge in [0.05, 0.1) is 0 Å². The monoisotopic (exact) mass is 240 g/mol. The SMILES string of the molecule is O=C(O)c1cccc(/C=C/c2ccccc2)c1O. The number of aromatic carboxylic acids is 1. The minimum Gasteiger partial charge on any atom is -0.506 e. The Morgan fingerprint density at radius 1 is 0.944 bits per heavy atom. The molecule has 0 atom stereocenters. The van der Waals surface area contributed by atoms with Gasteiger partial charge < -0.3 is 10.2 Å². The van der Waals surface area contributed by atoms with Gasteiger partial charge in [0.15, 0.2) is 0 Å². The zero-order valence-corrected chi connectivity index (χ0v) is 9.58. The van der Waals surface area contributed by atoms with Crippen molar-refractivity contribution in [3.05, 3.63) is 65.2 Å². The number of hydrogen-bond donors (Lipinski definition) is 2. The maximum atomic E-state index is 10.9. The van der Waals surface area contributed by atoms with E-state index in [1.165, 1.54) is 6.07 Å². The molecule has 0 fully saturated rings. The molecule has 0 aliphatic rings. The first kappa shape index (κ1) is 11.9. The lowest BCUT2D eigenvalue weighted by molar-refractivity contribution is 0.0693. The topological polar surface area (TPSA) is 57.5 Å². The minimum atomic E-state index is -1.14. The van der Waals surface area contributed by atoms with Crippen molar-refractivity contribution >= 4 is 18.1 Å². The fourth-order valence-electron chi connectivity index (χ4n) is 1.62. The smallest absolute Gasteiger partial charge is 0.339 e. The zero-order chi connectivity index (χ0) is 13.0.